The Hall–Kier alpha value is -2.67. The maximum atomic E-state index is 11.5. The van der Waals surface area contributed by atoms with Crippen LogP contribution in [0.3, 0.4) is 0 Å². The molecule has 0 radical (unpaired) electrons. The minimum Gasteiger partial charge on any atom is -0.482 e. The lowest BCUT2D eigenvalue weighted by Gasteiger charge is -2.21. The summed E-state index contributed by atoms with van der Waals surface area (Å²) in [5.41, 5.74) is 1.75. The average Bonchev–Trinajstić information content (AvgIpc) is 2.95. The smallest absolute Gasteiger partial charge is 0.262 e. The predicted molar refractivity (Wildman–Crippen MR) is 94.8 cm³/mol. The SMILES string of the molecule is Cc1cc2c(NC(C)c3ccc4c(c3)NC(=O)CO4)ncnc2s1. The largest absolute Gasteiger partial charge is 0.482 e. The lowest BCUT2D eigenvalue weighted by Crippen LogP contribution is -2.25. The van der Waals surface area contributed by atoms with E-state index in [1.54, 1.807) is 17.7 Å². The van der Waals surface area contributed by atoms with Gasteiger partial charge in [0.15, 0.2) is 6.61 Å². The maximum absolute atomic E-state index is 11.5. The molecule has 24 heavy (non-hydrogen) atoms. The molecule has 0 spiro atoms. The van der Waals surface area contributed by atoms with E-state index in [9.17, 15) is 4.79 Å². The molecule has 1 aliphatic rings. The van der Waals surface area contributed by atoms with Crippen molar-refractivity contribution in [3.8, 4) is 5.75 Å². The van der Waals surface area contributed by atoms with E-state index in [1.165, 1.54) is 4.88 Å². The normalized spacial score (nSPS) is 14.7. The number of hydrogen-bond donors (Lipinski definition) is 2. The monoisotopic (exact) mass is 340 g/mol. The van der Waals surface area contributed by atoms with Gasteiger partial charge in [-0.1, -0.05) is 6.07 Å². The second-order valence-electron chi connectivity index (χ2n) is 5.76. The molecule has 7 heteroatoms. The fourth-order valence-corrected chi connectivity index (χ4v) is 3.60. The standard InChI is InChI=1S/C17H16N4O2S/c1-9-5-12-16(18-8-19-17(12)24-9)20-10(2)11-3-4-14-13(6-11)21-15(22)7-23-14/h3-6,8,10H,7H2,1-2H3,(H,21,22)(H,18,19,20). The van der Waals surface area contributed by atoms with Gasteiger partial charge < -0.3 is 15.4 Å². The lowest BCUT2D eigenvalue weighted by molar-refractivity contribution is -0.118. The lowest BCUT2D eigenvalue weighted by atomic mass is 10.1. The highest BCUT2D eigenvalue weighted by Crippen LogP contribution is 2.33. The molecule has 1 aliphatic heterocycles. The molecule has 122 valence electrons. The van der Waals surface area contributed by atoms with Gasteiger partial charge in [0.25, 0.3) is 5.91 Å². The molecule has 1 atom stereocenters. The van der Waals surface area contributed by atoms with Gasteiger partial charge in [0, 0.05) is 4.88 Å². The van der Waals surface area contributed by atoms with Crippen LogP contribution in [0.15, 0.2) is 30.6 Å². The van der Waals surface area contributed by atoms with E-state index < -0.39 is 0 Å². The molecule has 0 bridgehead atoms. The molecule has 1 aromatic carbocycles. The van der Waals surface area contributed by atoms with Gasteiger partial charge in [-0.2, -0.15) is 0 Å². The Morgan fingerprint density at radius 2 is 2.21 bits per heavy atom. The number of anilines is 2. The predicted octanol–water partition coefficient (Wildman–Crippen LogP) is 3.50. The highest BCUT2D eigenvalue weighted by molar-refractivity contribution is 7.18. The number of amides is 1. The van der Waals surface area contributed by atoms with E-state index in [0.717, 1.165) is 21.6 Å². The topological polar surface area (TPSA) is 76.1 Å². The van der Waals surface area contributed by atoms with Crippen molar-refractivity contribution in [1.29, 1.82) is 0 Å². The van der Waals surface area contributed by atoms with Crippen molar-refractivity contribution in [3.63, 3.8) is 0 Å². The Labute approximate surface area is 142 Å². The number of carbonyl (C=O) groups is 1. The number of aromatic nitrogens is 2. The number of carbonyl (C=O) groups excluding carboxylic acids is 1. The van der Waals surface area contributed by atoms with E-state index in [-0.39, 0.29) is 18.6 Å². The van der Waals surface area contributed by atoms with Crippen molar-refractivity contribution in [3.05, 3.63) is 41.0 Å². The summed E-state index contributed by atoms with van der Waals surface area (Å²) in [5, 5.41) is 7.30. The molecule has 4 rings (SSSR count). The minimum absolute atomic E-state index is 0.0208. The zero-order valence-electron chi connectivity index (χ0n) is 13.3. The molecule has 2 aromatic heterocycles. The number of nitrogens with one attached hydrogen (secondary N) is 2. The van der Waals surface area contributed by atoms with Gasteiger partial charge in [0.05, 0.1) is 17.1 Å². The van der Waals surface area contributed by atoms with Gasteiger partial charge >= 0.3 is 0 Å². The first-order valence-electron chi connectivity index (χ1n) is 7.64. The number of rotatable bonds is 3. The summed E-state index contributed by atoms with van der Waals surface area (Å²) in [5.74, 6) is 1.38. The summed E-state index contributed by atoms with van der Waals surface area (Å²) in [7, 11) is 0. The van der Waals surface area contributed by atoms with E-state index in [2.05, 4.69) is 40.5 Å². The van der Waals surface area contributed by atoms with Crippen LogP contribution in [0.2, 0.25) is 0 Å². The Morgan fingerprint density at radius 1 is 1.33 bits per heavy atom. The number of fused-ring (bicyclic) bond motifs is 2. The Kier molecular flexibility index (Phi) is 3.57. The molecular weight excluding hydrogens is 324 g/mol. The van der Waals surface area contributed by atoms with Gasteiger partial charge in [-0.15, -0.1) is 11.3 Å². The maximum Gasteiger partial charge on any atom is 0.262 e. The fraction of sp³-hybridized carbons (Fsp3) is 0.235. The quantitative estimate of drug-likeness (QED) is 0.763. The first-order chi connectivity index (χ1) is 11.6. The number of benzene rings is 1. The van der Waals surface area contributed by atoms with Crippen molar-refractivity contribution >= 4 is 39.0 Å². The molecule has 0 aliphatic carbocycles. The van der Waals surface area contributed by atoms with E-state index >= 15 is 0 Å². The minimum atomic E-state index is -0.133. The molecule has 0 saturated heterocycles. The molecule has 3 aromatic rings. The zero-order chi connectivity index (χ0) is 16.7. The number of ether oxygens (including phenoxy) is 1. The third-order valence-corrected chi connectivity index (χ3v) is 4.90. The number of nitrogens with zero attached hydrogens (tertiary/aromatic N) is 2. The highest BCUT2D eigenvalue weighted by Gasteiger charge is 2.18. The highest BCUT2D eigenvalue weighted by atomic mass is 32.1. The molecule has 2 N–H and O–H groups in total. The second-order valence-corrected chi connectivity index (χ2v) is 6.99. The molecular formula is C17H16N4O2S. The van der Waals surface area contributed by atoms with E-state index in [4.69, 9.17) is 4.74 Å². The molecule has 1 amide bonds. The van der Waals surface area contributed by atoms with Crippen LogP contribution in [0.4, 0.5) is 11.5 Å². The summed E-state index contributed by atoms with van der Waals surface area (Å²) in [6.07, 6.45) is 1.58. The summed E-state index contributed by atoms with van der Waals surface area (Å²) >= 11 is 1.65. The number of hydrogen-bond acceptors (Lipinski definition) is 6. The third kappa shape index (κ3) is 2.67. The second kappa shape index (κ2) is 5.76. The third-order valence-electron chi connectivity index (χ3n) is 3.94. The van der Waals surface area contributed by atoms with Crippen LogP contribution in [0.25, 0.3) is 10.2 Å². The Morgan fingerprint density at radius 3 is 3.08 bits per heavy atom. The molecule has 0 fully saturated rings. The van der Waals surface area contributed by atoms with Crippen molar-refractivity contribution in [1.82, 2.24) is 9.97 Å². The van der Waals surface area contributed by atoms with Crippen molar-refractivity contribution in [2.24, 2.45) is 0 Å². The van der Waals surface area contributed by atoms with Crippen LogP contribution in [-0.4, -0.2) is 22.5 Å². The van der Waals surface area contributed by atoms with Crippen LogP contribution in [0.5, 0.6) is 5.75 Å². The van der Waals surface area contributed by atoms with Gasteiger partial charge in [0.1, 0.15) is 22.7 Å². The van der Waals surface area contributed by atoms with Crippen molar-refractivity contribution in [2.75, 3.05) is 17.2 Å². The molecule has 3 heterocycles. The van der Waals surface area contributed by atoms with Gasteiger partial charge in [-0.05, 0) is 37.6 Å². The van der Waals surface area contributed by atoms with Crippen LogP contribution in [0.1, 0.15) is 23.4 Å². The Bertz CT molecular complexity index is 937. The summed E-state index contributed by atoms with van der Waals surface area (Å²) in [6, 6.07) is 7.92. The number of thiophene rings is 1. The molecule has 1 unspecified atom stereocenters. The summed E-state index contributed by atoms with van der Waals surface area (Å²) in [4.78, 5) is 22.3. The van der Waals surface area contributed by atoms with Crippen LogP contribution >= 0.6 is 11.3 Å². The Balaban J connectivity index is 1.63. The average molecular weight is 340 g/mol. The summed E-state index contributed by atoms with van der Waals surface area (Å²) < 4.78 is 5.40. The van der Waals surface area contributed by atoms with Gasteiger partial charge in [-0.25, -0.2) is 9.97 Å². The van der Waals surface area contributed by atoms with Crippen LogP contribution in [-0.2, 0) is 4.79 Å². The first-order valence-corrected chi connectivity index (χ1v) is 8.46. The summed E-state index contributed by atoms with van der Waals surface area (Å²) in [6.45, 7) is 4.18. The zero-order valence-corrected chi connectivity index (χ0v) is 14.1. The van der Waals surface area contributed by atoms with Crippen LogP contribution in [0, 0.1) is 6.92 Å². The fourth-order valence-electron chi connectivity index (χ4n) is 2.75. The van der Waals surface area contributed by atoms with Gasteiger partial charge in [0.2, 0.25) is 0 Å². The first kappa shape index (κ1) is 14.9. The molecule has 0 saturated carbocycles. The van der Waals surface area contributed by atoms with Gasteiger partial charge in [-0.3, -0.25) is 4.79 Å². The molecule has 6 nitrogen and oxygen atoms in total. The van der Waals surface area contributed by atoms with E-state index in [0.29, 0.717) is 11.4 Å². The van der Waals surface area contributed by atoms with Crippen molar-refractivity contribution in [2.45, 2.75) is 19.9 Å². The van der Waals surface area contributed by atoms with Crippen LogP contribution < -0.4 is 15.4 Å². The van der Waals surface area contributed by atoms with E-state index in [1.807, 2.05) is 18.2 Å². The van der Waals surface area contributed by atoms with Crippen molar-refractivity contribution < 1.29 is 9.53 Å². The number of aryl methyl sites for hydroxylation is 1.